The molecule has 0 saturated carbocycles. The Morgan fingerprint density at radius 1 is 1.33 bits per heavy atom. The van der Waals surface area contributed by atoms with Gasteiger partial charge in [0.05, 0.1) is 5.02 Å². The Morgan fingerprint density at radius 3 is 2.39 bits per heavy atom. The molecule has 0 amide bonds. The molecular weight excluding hydrogens is 295 g/mol. The zero-order valence-corrected chi connectivity index (χ0v) is 12.4. The van der Waals surface area contributed by atoms with Crippen LogP contribution in [0.3, 0.4) is 0 Å². The summed E-state index contributed by atoms with van der Waals surface area (Å²) in [6.45, 7) is 4.03. The second-order valence-corrected chi connectivity index (χ2v) is 7.19. The minimum absolute atomic E-state index is 0.0980. The van der Waals surface area contributed by atoms with Crippen LogP contribution in [0.1, 0.15) is 11.1 Å². The van der Waals surface area contributed by atoms with Crippen LogP contribution in [0.5, 0.6) is 0 Å². The van der Waals surface area contributed by atoms with E-state index in [1.54, 1.807) is 19.9 Å². The molecular formula is C11H14Cl2N2O2S. The van der Waals surface area contributed by atoms with Crippen molar-refractivity contribution in [2.24, 2.45) is 5.73 Å². The normalized spacial score (nSPS) is 17.8. The molecule has 0 bridgehead atoms. The van der Waals surface area contributed by atoms with Crippen molar-refractivity contribution >= 4 is 33.2 Å². The van der Waals surface area contributed by atoms with Crippen LogP contribution in [0.25, 0.3) is 0 Å². The number of nitrogens with zero attached hydrogens (tertiary/aromatic N) is 1. The topological polar surface area (TPSA) is 63.4 Å². The van der Waals surface area contributed by atoms with Crippen LogP contribution in [0.2, 0.25) is 10.0 Å². The lowest BCUT2D eigenvalue weighted by Crippen LogP contribution is -2.57. The molecule has 1 fully saturated rings. The Bertz CT molecular complexity index is 569. The van der Waals surface area contributed by atoms with E-state index in [4.69, 9.17) is 28.9 Å². The number of halogens is 2. The Balaban J connectivity index is 2.58. The molecule has 2 rings (SSSR count). The van der Waals surface area contributed by atoms with Gasteiger partial charge in [-0.25, -0.2) is 8.42 Å². The SMILES string of the molecule is Cc1cc(Cl)c(C)c(S(=O)(=O)N2CC(N)C2)c1Cl. The molecule has 1 saturated heterocycles. The van der Waals surface area contributed by atoms with Gasteiger partial charge < -0.3 is 5.73 Å². The number of benzene rings is 1. The number of hydrogen-bond donors (Lipinski definition) is 1. The number of rotatable bonds is 2. The summed E-state index contributed by atoms with van der Waals surface area (Å²) < 4.78 is 26.2. The van der Waals surface area contributed by atoms with E-state index in [1.807, 2.05) is 0 Å². The summed E-state index contributed by atoms with van der Waals surface area (Å²) in [4.78, 5) is 0.0982. The number of sulfonamides is 1. The second-order valence-electron chi connectivity index (χ2n) is 4.53. The van der Waals surface area contributed by atoms with E-state index >= 15 is 0 Å². The van der Waals surface area contributed by atoms with Gasteiger partial charge in [-0.3, -0.25) is 0 Å². The van der Waals surface area contributed by atoms with Crippen LogP contribution in [-0.4, -0.2) is 31.9 Å². The maximum absolute atomic E-state index is 12.4. The van der Waals surface area contributed by atoms with Crippen molar-refractivity contribution in [3.63, 3.8) is 0 Å². The summed E-state index contributed by atoms with van der Waals surface area (Å²) in [5.41, 5.74) is 6.74. The van der Waals surface area contributed by atoms with Crippen LogP contribution >= 0.6 is 23.2 Å². The van der Waals surface area contributed by atoms with Gasteiger partial charge in [0, 0.05) is 24.2 Å². The van der Waals surface area contributed by atoms with Crippen LogP contribution in [0.4, 0.5) is 0 Å². The smallest absolute Gasteiger partial charge is 0.244 e. The lowest BCUT2D eigenvalue weighted by Gasteiger charge is -2.36. The first-order valence-corrected chi connectivity index (χ1v) is 7.65. The third-order valence-electron chi connectivity index (χ3n) is 3.06. The maximum Gasteiger partial charge on any atom is 0.244 e. The highest BCUT2D eigenvalue weighted by molar-refractivity contribution is 7.89. The van der Waals surface area contributed by atoms with Gasteiger partial charge in [-0.2, -0.15) is 4.31 Å². The molecule has 0 unspecified atom stereocenters. The van der Waals surface area contributed by atoms with E-state index in [9.17, 15) is 8.42 Å². The Labute approximate surface area is 117 Å². The van der Waals surface area contributed by atoms with Gasteiger partial charge in [-0.1, -0.05) is 23.2 Å². The third kappa shape index (κ3) is 2.14. The van der Waals surface area contributed by atoms with Crippen molar-refractivity contribution in [1.29, 1.82) is 0 Å². The lowest BCUT2D eigenvalue weighted by molar-refractivity contribution is 0.265. The standard InChI is InChI=1S/C11H14Cl2N2O2S/c1-6-3-9(12)7(2)11(10(6)13)18(16,17)15-4-8(14)5-15/h3,8H,4-5,14H2,1-2H3. The zero-order valence-electron chi connectivity index (χ0n) is 10.1. The van der Waals surface area contributed by atoms with Crippen molar-refractivity contribution in [2.45, 2.75) is 24.8 Å². The molecule has 0 atom stereocenters. The number of nitrogens with two attached hydrogens (primary N) is 1. The van der Waals surface area contributed by atoms with E-state index in [1.165, 1.54) is 4.31 Å². The third-order valence-corrected chi connectivity index (χ3v) is 6.06. The number of aryl methyl sites for hydroxylation is 1. The van der Waals surface area contributed by atoms with Gasteiger partial charge >= 0.3 is 0 Å². The Hall–Kier alpha value is -0.330. The minimum Gasteiger partial charge on any atom is -0.325 e. The van der Waals surface area contributed by atoms with E-state index in [0.717, 1.165) is 0 Å². The predicted octanol–water partition coefficient (Wildman–Crippen LogP) is 1.94. The average molecular weight is 309 g/mol. The van der Waals surface area contributed by atoms with Crippen molar-refractivity contribution in [3.05, 3.63) is 27.2 Å². The summed E-state index contributed by atoms with van der Waals surface area (Å²) >= 11 is 12.1. The summed E-state index contributed by atoms with van der Waals surface area (Å²) in [5, 5.41) is 0.637. The highest BCUT2D eigenvalue weighted by Gasteiger charge is 2.37. The fourth-order valence-electron chi connectivity index (χ4n) is 1.92. The first-order valence-electron chi connectivity index (χ1n) is 5.46. The molecule has 1 aliphatic heterocycles. The fraction of sp³-hybridized carbons (Fsp3) is 0.455. The van der Waals surface area contributed by atoms with Crippen LogP contribution in [0, 0.1) is 13.8 Å². The molecule has 18 heavy (non-hydrogen) atoms. The fourth-order valence-corrected chi connectivity index (χ4v) is 4.64. The zero-order chi connectivity index (χ0) is 13.7. The molecule has 1 heterocycles. The van der Waals surface area contributed by atoms with Gasteiger partial charge in [0.1, 0.15) is 4.90 Å². The highest BCUT2D eigenvalue weighted by atomic mass is 35.5. The first kappa shape index (κ1) is 14.1. The molecule has 7 heteroatoms. The molecule has 0 radical (unpaired) electrons. The Morgan fingerprint density at radius 2 is 1.89 bits per heavy atom. The van der Waals surface area contributed by atoms with Gasteiger partial charge in [0.15, 0.2) is 0 Å². The molecule has 1 aromatic carbocycles. The quantitative estimate of drug-likeness (QED) is 0.908. The lowest BCUT2D eigenvalue weighted by atomic mass is 10.2. The summed E-state index contributed by atoms with van der Waals surface area (Å²) in [6.07, 6.45) is 0. The Kier molecular flexibility index (Phi) is 3.64. The van der Waals surface area contributed by atoms with Crippen LogP contribution in [-0.2, 0) is 10.0 Å². The summed E-state index contributed by atoms with van der Waals surface area (Å²) in [7, 11) is -3.60. The van der Waals surface area contributed by atoms with E-state index in [0.29, 0.717) is 29.2 Å². The van der Waals surface area contributed by atoms with Crippen molar-refractivity contribution in [3.8, 4) is 0 Å². The van der Waals surface area contributed by atoms with Gasteiger partial charge in [0.2, 0.25) is 10.0 Å². The van der Waals surface area contributed by atoms with E-state index in [-0.39, 0.29) is 16.0 Å². The first-order chi connectivity index (χ1) is 8.25. The number of hydrogen-bond acceptors (Lipinski definition) is 3. The summed E-state index contributed by atoms with van der Waals surface area (Å²) in [6, 6.07) is 1.57. The van der Waals surface area contributed by atoms with Gasteiger partial charge in [0.25, 0.3) is 0 Å². The molecule has 0 spiro atoms. The van der Waals surface area contributed by atoms with Crippen LogP contribution in [0.15, 0.2) is 11.0 Å². The molecule has 1 aliphatic rings. The summed E-state index contributed by atoms with van der Waals surface area (Å²) in [5.74, 6) is 0. The molecule has 0 aromatic heterocycles. The van der Waals surface area contributed by atoms with E-state index < -0.39 is 10.0 Å². The predicted molar refractivity (Wildman–Crippen MR) is 72.7 cm³/mol. The van der Waals surface area contributed by atoms with Crippen molar-refractivity contribution < 1.29 is 8.42 Å². The van der Waals surface area contributed by atoms with E-state index in [2.05, 4.69) is 0 Å². The van der Waals surface area contributed by atoms with Gasteiger partial charge in [-0.05, 0) is 31.0 Å². The second kappa shape index (κ2) is 4.65. The molecule has 4 nitrogen and oxygen atoms in total. The maximum atomic E-state index is 12.4. The van der Waals surface area contributed by atoms with Crippen LogP contribution < -0.4 is 5.73 Å². The van der Waals surface area contributed by atoms with Crippen molar-refractivity contribution in [2.75, 3.05) is 13.1 Å². The molecule has 100 valence electrons. The molecule has 0 aliphatic carbocycles. The molecule has 1 aromatic rings. The largest absolute Gasteiger partial charge is 0.325 e. The minimum atomic E-state index is -3.60. The monoisotopic (exact) mass is 308 g/mol. The average Bonchev–Trinajstić information content (AvgIpc) is 2.22. The molecule has 2 N–H and O–H groups in total. The highest BCUT2D eigenvalue weighted by Crippen LogP contribution is 2.36. The van der Waals surface area contributed by atoms with Gasteiger partial charge in [-0.15, -0.1) is 0 Å². The van der Waals surface area contributed by atoms with Crippen molar-refractivity contribution in [1.82, 2.24) is 4.31 Å².